The standard InChI is InChI=1S/C22H19N9/c1-30-21(25)16(13-27-30)19-9-18-15(3-2-7-26-18)20(28-19)17-4-8-31(29-17)22(5-6-23)10-14(11-22)12-24/h2-4,7-9,13-14H,5,10-11,25H2,1H3/t14-,22+. The van der Waals surface area contributed by atoms with Gasteiger partial charge >= 0.3 is 0 Å². The van der Waals surface area contributed by atoms with E-state index in [-0.39, 0.29) is 5.92 Å². The van der Waals surface area contributed by atoms with Crippen LogP contribution in [-0.4, -0.2) is 29.5 Å². The zero-order valence-corrected chi connectivity index (χ0v) is 16.9. The average molecular weight is 409 g/mol. The van der Waals surface area contributed by atoms with Gasteiger partial charge in [-0.3, -0.25) is 14.3 Å². The van der Waals surface area contributed by atoms with Crippen molar-refractivity contribution in [3.8, 4) is 34.8 Å². The van der Waals surface area contributed by atoms with Gasteiger partial charge in [-0.05, 0) is 37.1 Å². The van der Waals surface area contributed by atoms with E-state index in [2.05, 4.69) is 22.2 Å². The summed E-state index contributed by atoms with van der Waals surface area (Å²) in [7, 11) is 1.78. The zero-order valence-electron chi connectivity index (χ0n) is 16.9. The molecule has 0 saturated heterocycles. The van der Waals surface area contributed by atoms with E-state index in [0.29, 0.717) is 42.2 Å². The molecule has 0 atom stereocenters. The van der Waals surface area contributed by atoms with Crippen molar-refractivity contribution in [1.82, 2.24) is 29.5 Å². The summed E-state index contributed by atoms with van der Waals surface area (Å²) in [5.74, 6) is 0.477. The fraction of sp³-hybridized carbons (Fsp3) is 0.273. The third-order valence-electron chi connectivity index (χ3n) is 6.02. The van der Waals surface area contributed by atoms with Gasteiger partial charge in [0.2, 0.25) is 0 Å². The normalized spacial score (nSPS) is 20.2. The van der Waals surface area contributed by atoms with Gasteiger partial charge in [0.15, 0.2) is 0 Å². The number of nitriles is 2. The Kier molecular flexibility index (Phi) is 4.19. The van der Waals surface area contributed by atoms with Crippen molar-refractivity contribution < 1.29 is 0 Å². The first-order valence-electron chi connectivity index (χ1n) is 9.91. The number of hydrogen-bond acceptors (Lipinski definition) is 7. The van der Waals surface area contributed by atoms with Crippen LogP contribution in [0.1, 0.15) is 19.3 Å². The van der Waals surface area contributed by atoms with Crippen molar-refractivity contribution in [1.29, 1.82) is 10.5 Å². The molecule has 1 aliphatic carbocycles. The molecule has 5 rings (SSSR count). The second kappa shape index (κ2) is 6.92. The van der Waals surface area contributed by atoms with Gasteiger partial charge in [0.25, 0.3) is 0 Å². The van der Waals surface area contributed by atoms with Crippen molar-refractivity contribution in [2.24, 2.45) is 13.0 Å². The van der Waals surface area contributed by atoms with Crippen molar-refractivity contribution in [2.75, 3.05) is 5.73 Å². The van der Waals surface area contributed by atoms with Crippen LogP contribution in [-0.2, 0) is 12.6 Å². The molecule has 4 aromatic heterocycles. The second-order valence-corrected chi connectivity index (χ2v) is 7.93. The van der Waals surface area contributed by atoms with E-state index < -0.39 is 5.54 Å². The Balaban J connectivity index is 1.64. The smallest absolute Gasteiger partial charge is 0.130 e. The minimum absolute atomic E-state index is 0.0407. The number of nitrogens with zero attached hydrogens (tertiary/aromatic N) is 8. The summed E-state index contributed by atoms with van der Waals surface area (Å²) in [6.45, 7) is 0. The molecule has 0 unspecified atom stereocenters. The van der Waals surface area contributed by atoms with E-state index >= 15 is 0 Å². The van der Waals surface area contributed by atoms with E-state index in [0.717, 1.165) is 16.5 Å². The van der Waals surface area contributed by atoms with Gasteiger partial charge in [-0.2, -0.15) is 20.7 Å². The van der Waals surface area contributed by atoms with Crippen molar-refractivity contribution in [3.05, 3.63) is 42.9 Å². The summed E-state index contributed by atoms with van der Waals surface area (Å²) in [6.07, 6.45) is 6.86. The van der Waals surface area contributed by atoms with Crippen LogP contribution in [0.3, 0.4) is 0 Å². The van der Waals surface area contributed by atoms with Crippen molar-refractivity contribution in [2.45, 2.75) is 24.8 Å². The van der Waals surface area contributed by atoms with E-state index in [4.69, 9.17) is 15.8 Å². The molecule has 0 bridgehead atoms. The lowest BCUT2D eigenvalue weighted by molar-refractivity contribution is 0.0884. The molecule has 152 valence electrons. The molecule has 0 aromatic carbocycles. The molecule has 1 aliphatic rings. The van der Waals surface area contributed by atoms with Crippen LogP contribution in [0, 0.1) is 28.6 Å². The highest BCUT2D eigenvalue weighted by Gasteiger charge is 2.46. The highest BCUT2D eigenvalue weighted by Crippen LogP contribution is 2.46. The summed E-state index contributed by atoms with van der Waals surface area (Å²) in [4.78, 5) is 9.37. The van der Waals surface area contributed by atoms with E-state index in [1.165, 1.54) is 0 Å². The third kappa shape index (κ3) is 2.90. The lowest BCUT2D eigenvalue weighted by atomic mass is 9.67. The van der Waals surface area contributed by atoms with Gasteiger partial charge in [0.05, 0.1) is 53.0 Å². The quantitative estimate of drug-likeness (QED) is 0.547. The Bertz CT molecular complexity index is 1380. The molecule has 1 fully saturated rings. The van der Waals surface area contributed by atoms with Crippen molar-refractivity contribution >= 4 is 16.7 Å². The number of pyridine rings is 2. The van der Waals surface area contributed by atoms with Crippen LogP contribution in [0.5, 0.6) is 0 Å². The predicted molar refractivity (Wildman–Crippen MR) is 114 cm³/mol. The fourth-order valence-corrected chi connectivity index (χ4v) is 4.28. The molecular formula is C22H19N9. The lowest BCUT2D eigenvalue weighted by Crippen LogP contribution is -2.46. The summed E-state index contributed by atoms with van der Waals surface area (Å²) >= 11 is 0. The van der Waals surface area contributed by atoms with E-state index in [1.807, 2.05) is 35.1 Å². The number of hydrogen-bond donors (Lipinski definition) is 1. The van der Waals surface area contributed by atoms with Crippen LogP contribution in [0.4, 0.5) is 5.82 Å². The van der Waals surface area contributed by atoms with Crippen LogP contribution < -0.4 is 5.73 Å². The largest absolute Gasteiger partial charge is 0.383 e. The van der Waals surface area contributed by atoms with E-state index in [1.54, 1.807) is 24.1 Å². The highest BCUT2D eigenvalue weighted by molar-refractivity contribution is 5.94. The first-order chi connectivity index (χ1) is 15.0. The first-order valence-corrected chi connectivity index (χ1v) is 9.91. The molecule has 9 nitrogen and oxygen atoms in total. The summed E-state index contributed by atoms with van der Waals surface area (Å²) in [6, 6.07) is 12.1. The Morgan fingerprint density at radius 1 is 1.26 bits per heavy atom. The predicted octanol–water partition coefficient (Wildman–Crippen LogP) is 3.02. The molecule has 2 N–H and O–H groups in total. The summed E-state index contributed by atoms with van der Waals surface area (Å²) < 4.78 is 3.43. The fourth-order valence-electron chi connectivity index (χ4n) is 4.28. The van der Waals surface area contributed by atoms with E-state index in [9.17, 15) is 10.5 Å². The third-order valence-corrected chi connectivity index (χ3v) is 6.02. The summed E-state index contributed by atoms with van der Waals surface area (Å²) in [5.41, 5.74) is 9.28. The lowest BCUT2D eigenvalue weighted by Gasteiger charge is -2.43. The molecule has 9 heteroatoms. The van der Waals surface area contributed by atoms with Gasteiger partial charge in [-0.1, -0.05) is 0 Å². The average Bonchev–Trinajstić information content (AvgIpc) is 3.37. The maximum Gasteiger partial charge on any atom is 0.130 e. The minimum Gasteiger partial charge on any atom is -0.383 e. The molecule has 0 amide bonds. The van der Waals surface area contributed by atoms with Crippen LogP contribution in [0.15, 0.2) is 42.9 Å². The number of aromatic nitrogens is 6. The Labute approximate surface area is 178 Å². The summed E-state index contributed by atoms with van der Waals surface area (Å²) in [5, 5.41) is 28.4. The second-order valence-electron chi connectivity index (χ2n) is 7.93. The number of nitrogen functional groups attached to an aromatic ring is 1. The molecule has 0 spiro atoms. The number of fused-ring (bicyclic) bond motifs is 1. The maximum atomic E-state index is 9.33. The minimum atomic E-state index is -0.438. The van der Waals surface area contributed by atoms with Gasteiger partial charge in [-0.25, -0.2) is 4.98 Å². The van der Waals surface area contributed by atoms with Gasteiger partial charge in [0.1, 0.15) is 17.2 Å². The number of aryl methyl sites for hydroxylation is 1. The topological polar surface area (TPSA) is 135 Å². The zero-order chi connectivity index (χ0) is 21.6. The van der Waals surface area contributed by atoms with Gasteiger partial charge < -0.3 is 5.73 Å². The molecule has 4 aromatic rings. The molecule has 1 saturated carbocycles. The Hall–Kier alpha value is -4.24. The Morgan fingerprint density at radius 2 is 2.10 bits per heavy atom. The highest BCUT2D eigenvalue weighted by atomic mass is 15.3. The SMILES string of the molecule is Cn1ncc(-c2cc3ncccc3c(-c3ccn([C@]4(CC#N)C[C@H](C#N)C4)n3)n2)c1N. The maximum absolute atomic E-state index is 9.33. The molecule has 31 heavy (non-hydrogen) atoms. The number of rotatable bonds is 4. The van der Waals surface area contributed by atoms with Gasteiger partial charge in [0, 0.05) is 24.8 Å². The van der Waals surface area contributed by atoms with Crippen molar-refractivity contribution in [3.63, 3.8) is 0 Å². The first kappa shape index (κ1) is 18.8. The molecule has 0 radical (unpaired) electrons. The van der Waals surface area contributed by atoms with Gasteiger partial charge in [-0.15, -0.1) is 0 Å². The molecular weight excluding hydrogens is 390 g/mol. The van der Waals surface area contributed by atoms with Crippen LogP contribution >= 0.6 is 0 Å². The molecule has 4 heterocycles. The van der Waals surface area contributed by atoms with Crippen LogP contribution in [0.25, 0.3) is 33.5 Å². The Morgan fingerprint density at radius 3 is 2.81 bits per heavy atom. The number of nitrogens with two attached hydrogens (primary N) is 1. The number of anilines is 1. The molecule has 0 aliphatic heterocycles. The van der Waals surface area contributed by atoms with Crippen LogP contribution in [0.2, 0.25) is 0 Å². The monoisotopic (exact) mass is 409 g/mol.